The fraction of sp³-hybridized carbons (Fsp3) is 0.143. The van der Waals surface area contributed by atoms with Gasteiger partial charge in [0.2, 0.25) is 0 Å². The summed E-state index contributed by atoms with van der Waals surface area (Å²) in [5.41, 5.74) is 5.69. The molecule has 2 aromatic carbocycles. The molecule has 1 N–H and O–H groups in total. The molecule has 110 valence electrons. The van der Waals surface area contributed by atoms with Gasteiger partial charge in [-0.3, -0.25) is 0 Å². The zero-order chi connectivity index (χ0) is 15.8. The van der Waals surface area contributed by atoms with Crippen LogP contribution in [-0.2, 0) is 0 Å². The molecule has 0 fully saturated rings. The van der Waals surface area contributed by atoms with E-state index in [1.165, 1.54) is 16.7 Å². The van der Waals surface area contributed by atoms with Gasteiger partial charge in [-0.05, 0) is 48.8 Å². The van der Waals surface area contributed by atoms with E-state index >= 15 is 0 Å². The number of allylic oxidation sites excluding steroid dienone is 3. The summed E-state index contributed by atoms with van der Waals surface area (Å²) in [6.07, 6.45) is 9.49. The van der Waals surface area contributed by atoms with Gasteiger partial charge in [0.15, 0.2) is 0 Å². The number of hydrogen-bond donors (Lipinski definition) is 1. The number of nitrogens with one attached hydrogen (secondary N) is 1. The quantitative estimate of drug-likeness (QED) is 0.582. The van der Waals surface area contributed by atoms with Crippen LogP contribution >= 0.6 is 0 Å². The summed E-state index contributed by atoms with van der Waals surface area (Å²) in [6.45, 7) is 4.78. The smallest absolute Gasteiger partial charge is 0.0343 e. The summed E-state index contributed by atoms with van der Waals surface area (Å²) in [5, 5.41) is 3.39. The van der Waals surface area contributed by atoms with Crippen molar-refractivity contribution in [3.63, 3.8) is 0 Å². The van der Waals surface area contributed by atoms with Crippen molar-refractivity contribution in [3.05, 3.63) is 77.9 Å². The maximum absolute atomic E-state index is 5.34. The molecule has 0 spiro atoms. The Morgan fingerprint density at radius 1 is 1.00 bits per heavy atom. The standard InChI is InChI=1S/C21H21N/c1-4-17(2)16-18(3)14-15-22-21-12-10-20(11-13-21)19-8-6-5-7-9-19/h1,5-14,16,22H,15H2,2-3H3. The van der Waals surface area contributed by atoms with Gasteiger partial charge in [0, 0.05) is 12.2 Å². The molecule has 0 aliphatic rings. The van der Waals surface area contributed by atoms with Gasteiger partial charge in [-0.25, -0.2) is 0 Å². The van der Waals surface area contributed by atoms with Crippen LogP contribution in [0.25, 0.3) is 11.1 Å². The second-order valence-corrected chi connectivity index (χ2v) is 5.24. The van der Waals surface area contributed by atoms with E-state index in [9.17, 15) is 0 Å². The van der Waals surface area contributed by atoms with E-state index in [0.29, 0.717) is 0 Å². The molecule has 0 aliphatic heterocycles. The van der Waals surface area contributed by atoms with E-state index in [1.807, 2.05) is 19.1 Å². The van der Waals surface area contributed by atoms with Crippen LogP contribution in [0.3, 0.4) is 0 Å². The average molecular weight is 287 g/mol. The summed E-state index contributed by atoms with van der Waals surface area (Å²) < 4.78 is 0. The number of hydrogen-bond acceptors (Lipinski definition) is 1. The molecule has 0 amide bonds. The maximum Gasteiger partial charge on any atom is 0.0343 e. The molecule has 0 saturated heterocycles. The van der Waals surface area contributed by atoms with Crippen LogP contribution in [-0.4, -0.2) is 6.54 Å². The molecular formula is C21H21N. The first-order chi connectivity index (χ1) is 10.7. The Bertz CT molecular complexity index is 698. The molecule has 0 bridgehead atoms. The molecule has 22 heavy (non-hydrogen) atoms. The molecule has 1 nitrogen and oxygen atoms in total. The lowest BCUT2D eigenvalue weighted by Gasteiger charge is -2.06. The minimum atomic E-state index is 0.783. The van der Waals surface area contributed by atoms with Gasteiger partial charge < -0.3 is 5.32 Å². The van der Waals surface area contributed by atoms with Crippen molar-refractivity contribution < 1.29 is 0 Å². The molecule has 0 heterocycles. The largest absolute Gasteiger partial charge is 0.382 e. The fourth-order valence-corrected chi connectivity index (χ4v) is 2.18. The maximum atomic E-state index is 5.34. The molecule has 2 aromatic rings. The van der Waals surface area contributed by atoms with Gasteiger partial charge in [-0.2, -0.15) is 0 Å². The number of rotatable bonds is 5. The van der Waals surface area contributed by atoms with Gasteiger partial charge in [0.25, 0.3) is 0 Å². The highest BCUT2D eigenvalue weighted by molar-refractivity contribution is 5.65. The Morgan fingerprint density at radius 3 is 2.27 bits per heavy atom. The summed E-state index contributed by atoms with van der Waals surface area (Å²) >= 11 is 0. The van der Waals surface area contributed by atoms with Gasteiger partial charge in [-0.1, -0.05) is 60.0 Å². The van der Waals surface area contributed by atoms with Crippen LogP contribution in [0, 0.1) is 12.3 Å². The van der Waals surface area contributed by atoms with Crippen molar-refractivity contribution in [2.24, 2.45) is 0 Å². The number of benzene rings is 2. The van der Waals surface area contributed by atoms with Gasteiger partial charge in [0.05, 0.1) is 0 Å². The van der Waals surface area contributed by atoms with Crippen LogP contribution in [0.2, 0.25) is 0 Å². The first-order valence-corrected chi connectivity index (χ1v) is 7.40. The van der Waals surface area contributed by atoms with Crippen LogP contribution in [0.1, 0.15) is 13.8 Å². The molecule has 0 saturated carbocycles. The predicted molar refractivity (Wildman–Crippen MR) is 96.7 cm³/mol. The third-order valence-corrected chi connectivity index (χ3v) is 3.39. The van der Waals surface area contributed by atoms with Crippen molar-refractivity contribution >= 4 is 5.69 Å². The Kier molecular flexibility index (Phi) is 5.63. The zero-order valence-corrected chi connectivity index (χ0v) is 13.1. The molecule has 0 unspecified atom stereocenters. The fourth-order valence-electron chi connectivity index (χ4n) is 2.18. The highest BCUT2D eigenvalue weighted by Crippen LogP contribution is 2.20. The topological polar surface area (TPSA) is 12.0 Å². The highest BCUT2D eigenvalue weighted by atomic mass is 14.8. The lowest BCUT2D eigenvalue weighted by atomic mass is 10.1. The van der Waals surface area contributed by atoms with Crippen molar-refractivity contribution in [2.75, 3.05) is 11.9 Å². The van der Waals surface area contributed by atoms with Gasteiger partial charge >= 0.3 is 0 Å². The van der Waals surface area contributed by atoms with Crippen molar-refractivity contribution in [3.8, 4) is 23.5 Å². The second-order valence-electron chi connectivity index (χ2n) is 5.24. The summed E-state index contributed by atoms with van der Waals surface area (Å²) in [5.74, 6) is 2.63. The molecular weight excluding hydrogens is 266 g/mol. The van der Waals surface area contributed by atoms with Crippen molar-refractivity contribution in [1.29, 1.82) is 0 Å². The van der Waals surface area contributed by atoms with Gasteiger partial charge in [0.1, 0.15) is 0 Å². The van der Waals surface area contributed by atoms with Crippen LogP contribution in [0.15, 0.2) is 77.9 Å². The Hall–Kier alpha value is -2.72. The zero-order valence-electron chi connectivity index (χ0n) is 13.1. The summed E-state index contributed by atoms with van der Waals surface area (Å²) in [7, 11) is 0. The van der Waals surface area contributed by atoms with E-state index in [2.05, 4.69) is 72.8 Å². The lowest BCUT2D eigenvalue weighted by molar-refractivity contribution is 1.29. The van der Waals surface area contributed by atoms with E-state index in [0.717, 1.165) is 17.8 Å². The molecule has 0 radical (unpaired) electrons. The molecule has 1 heteroatoms. The third kappa shape index (κ3) is 4.68. The van der Waals surface area contributed by atoms with E-state index in [4.69, 9.17) is 6.42 Å². The van der Waals surface area contributed by atoms with Gasteiger partial charge in [-0.15, -0.1) is 6.42 Å². The van der Waals surface area contributed by atoms with E-state index in [1.54, 1.807) is 0 Å². The lowest BCUT2D eigenvalue weighted by Crippen LogP contribution is -1.98. The normalized spacial score (nSPS) is 11.9. The van der Waals surface area contributed by atoms with Crippen LogP contribution in [0.4, 0.5) is 5.69 Å². The van der Waals surface area contributed by atoms with Crippen LogP contribution in [0.5, 0.6) is 0 Å². The first kappa shape index (κ1) is 15.7. The molecule has 0 aliphatic carbocycles. The van der Waals surface area contributed by atoms with Crippen LogP contribution < -0.4 is 5.32 Å². The SMILES string of the molecule is C#CC(C)=CC(C)=CCNc1ccc(-c2ccccc2)cc1. The minimum absolute atomic E-state index is 0.783. The third-order valence-electron chi connectivity index (χ3n) is 3.39. The number of anilines is 1. The van der Waals surface area contributed by atoms with Crippen molar-refractivity contribution in [1.82, 2.24) is 0 Å². The Balaban J connectivity index is 1.95. The Morgan fingerprint density at radius 2 is 1.64 bits per heavy atom. The highest BCUT2D eigenvalue weighted by Gasteiger charge is 1.96. The average Bonchev–Trinajstić information content (AvgIpc) is 2.56. The molecule has 0 aromatic heterocycles. The van der Waals surface area contributed by atoms with E-state index < -0.39 is 0 Å². The summed E-state index contributed by atoms with van der Waals surface area (Å²) in [4.78, 5) is 0. The predicted octanol–water partition coefficient (Wildman–Crippen LogP) is 5.29. The first-order valence-electron chi connectivity index (χ1n) is 7.40. The van der Waals surface area contributed by atoms with E-state index in [-0.39, 0.29) is 0 Å². The minimum Gasteiger partial charge on any atom is -0.382 e. The molecule has 2 rings (SSSR count). The second kappa shape index (κ2) is 7.90. The van der Waals surface area contributed by atoms with Crippen molar-refractivity contribution in [2.45, 2.75) is 13.8 Å². The molecule has 0 atom stereocenters. The monoisotopic (exact) mass is 287 g/mol. The number of terminal acetylenes is 1. The summed E-state index contributed by atoms with van der Waals surface area (Å²) in [6, 6.07) is 18.9. The Labute approximate surface area is 133 Å².